The lowest BCUT2D eigenvalue weighted by atomic mass is 9.68. The first-order chi connectivity index (χ1) is 17.8. The van der Waals surface area contributed by atoms with Crippen LogP contribution in [0.2, 0.25) is 0 Å². The zero-order chi connectivity index (χ0) is 25.4. The summed E-state index contributed by atoms with van der Waals surface area (Å²) in [7, 11) is 0. The van der Waals surface area contributed by atoms with Crippen molar-refractivity contribution in [1.29, 1.82) is 0 Å². The van der Waals surface area contributed by atoms with Crippen LogP contribution in [0.4, 0.5) is 11.6 Å². The Balaban J connectivity index is 1.30. The van der Waals surface area contributed by atoms with Crippen LogP contribution in [-0.4, -0.2) is 30.9 Å². The Kier molecular flexibility index (Phi) is 4.89. The Morgan fingerprint density at radius 1 is 1.11 bits per heavy atom. The molecular formula is C29H33N7O. The molecule has 3 aromatic heterocycles. The quantitative estimate of drug-likeness (QED) is 0.420. The number of pyridine rings is 1. The van der Waals surface area contributed by atoms with Crippen LogP contribution in [0.3, 0.4) is 0 Å². The third kappa shape index (κ3) is 3.69. The van der Waals surface area contributed by atoms with Gasteiger partial charge in [-0.05, 0) is 73.9 Å². The van der Waals surface area contributed by atoms with Gasteiger partial charge in [-0.25, -0.2) is 14.3 Å². The number of aromatic nitrogens is 5. The Bertz CT molecular complexity index is 1580. The maximum Gasteiger partial charge on any atom is 0.278 e. The van der Waals surface area contributed by atoms with Gasteiger partial charge in [-0.1, -0.05) is 26.8 Å². The number of nitrogens with one attached hydrogen (secondary N) is 2. The molecule has 1 aromatic carbocycles. The Morgan fingerprint density at radius 3 is 2.68 bits per heavy atom. The summed E-state index contributed by atoms with van der Waals surface area (Å²) < 4.78 is 3.83. The monoisotopic (exact) mass is 495 g/mol. The minimum absolute atomic E-state index is 0.0368. The summed E-state index contributed by atoms with van der Waals surface area (Å²) in [6.07, 6.45) is 10.2. The normalized spacial score (nSPS) is 18.6. The van der Waals surface area contributed by atoms with E-state index < -0.39 is 0 Å². The average Bonchev–Trinajstić information content (AvgIpc) is 3.66. The molecule has 0 radical (unpaired) electrons. The van der Waals surface area contributed by atoms with Crippen LogP contribution in [0.1, 0.15) is 75.7 Å². The van der Waals surface area contributed by atoms with E-state index in [0.717, 1.165) is 42.9 Å². The molecule has 4 aromatic rings. The Labute approximate surface area is 216 Å². The van der Waals surface area contributed by atoms with E-state index in [9.17, 15) is 4.79 Å². The van der Waals surface area contributed by atoms with E-state index in [1.807, 2.05) is 21.6 Å². The van der Waals surface area contributed by atoms with E-state index in [4.69, 9.17) is 4.98 Å². The maximum atomic E-state index is 13.4. The zero-order valence-electron chi connectivity index (χ0n) is 21.7. The van der Waals surface area contributed by atoms with Crippen molar-refractivity contribution in [3.8, 4) is 5.69 Å². The molecule has 0 amide bonds. The molecule has 8 heteroatoms. The van der Waals surface area contributed by atoms with Crippen molar-refractivity contribution in [3.63, 3.8) is 0 Å². The highest BCUT2D eigenvalue weighted by Crippen LogP contribution is 2.45. The van der Waals surface area contributed by atoms with Crippen molar-refractivity contribution in [1.82, 2.24) is 29.6 Å². The van der Waals surface area contributed by atoms with E-state index in [-0.39, 0.29) is 22.6 Å². The number of benzene rings is 1. The van der Waals surface area contributed by atoms with E-state index in [1.165, 1.54) is 30.4 Å². The fourth-order valence-corrected chi connectivity index (χ4v) is 5.90. The number of fused-ring (bicyclic) bond motifs is 3. The second kappa shape index (κ2) is 7.99. The van der Waals surface area contributed by atoms with Crippen LogP contribution in [0, 0.1) is 0 Å². The van der Waals surface area contributed by atoms with E-state index in [1.54, 1.807) is 6.20 Å². The highest BCUT2D eigenvalue weighted by molar-refractivity contribution is 5.77. The van der Waals surface area contributed by atoms with Gasteiger partial charge in [0.2, 0.25) is 5.95 Å². The third-order valence-corrected chi connectivity index (χ3v) is 8.21. The fourth-order valence-electron chi connectivity index (χ4n) is 5.90. The predicted octanol–water partition coefficient (Wildman–Crippen LogP) is 4.88. The summed E-state index contributed by atoms with van der Waals surface area (Å²) >= 11 is 0. The van der Waals surface area contributed by atoms with Gasteiger partial charge < -0.3 is 10.6 Å². The largest absolute Gasteiger partial charge is 0.324 e. The minimum Gasteiger partial charge on any atom is -0.324 e. The van der Waals surface area contributed by atoms with Gasteiger partial charge in [0, 0.05) is 41.3 Å². The van der Waals surface area contributed by atoms with Crippen molar-refractivity contribution in [2.75, 3.05) is 11.9 Å². The molecule has 4 heterocycles. The van der Waals surface area contributed by atoms with Gasteiger partial charge in [0.25, 0.3) is 5.56 Å². The zero-order valence-corrected chi connectivity index (χ0v) is 21.7. The lowest BCUT2D eigenvalue weighted by molar-refractivity contribution is 0.176. The highest BCUT2D eigenvalue weighted by Gasteiger charge is 2.41. The highest BCUT2D eigenvalue weighted by atomic mass is 16.1. The summed E-state index contributed by atoms with van der Waals surface area (Å²) in [6.45, 7) is 7.45. The van der Waals surface area contributed by atoms with Gasteiger partial charge in [-0.2, -0.15) is 4.98 Å². The molecule has 0 saturated heterocycles. The summed E-state index contributed by atoms with van der Waals surface area (Å²) in [5, 5.41) is 7.70. The molecular weight excluding hydrogens is 462 g/mol. The van der Waals surface area contributed by atoms with Crippen LogP contribution >= 0.6 is 0 Å². The first kappa shape index (κ1) is 22.7. The topological polar surface area (TPSA) is 89.7 Å². The van der Waals surface area contributed by atoms with E-state index >= 15 is 0 Å². The second-order valence-corrected chi connectivity index (χ2v) is 11.9. The predicted molar refractivity (Wildman–Crippen MR) is 145 cm³/mol. The Morgan fingerprint density at radius 2 is 1.95 bits per heavy atom. The number of hydrogen-bond donors (Lipinski definition) is 2. The van der Waals surface area contributed by atoms with Crippen molar-refractivity contribution in [2.24, 2.45) is 0 Å². The molecule has 2 fully saturated rings. The smallest absolute Gasteiger partial charge is 0.278 e. The SMILES string of the molecule is CC(C)(C)c1cc(-n2c3nc(Nc4ccc5c(c4)CCNC54CCC4)ncc3c(=O)n2C2CC2)ccn1. The lowest BCUT2D eigenvalue weighted by Gasteiger charge is -2.47. The number of anilines is 2. The van der Waals surface area contributed by atoms with Crippen LogP contribution in [0.15, 0.2) is 47.5 Å². The van der Waals surface area contributed by atoms with Gasteiger partial charge in [0.1, 0.15) is 5.39 Å². The molecule has 8 nitrogen and oxygen atoms in total. The van der Waals surface area contributed by atoms with Crippen LogP contribution in [0.5, 0.6) is 0 Å². The van der Waals surface area contributed by atoms with Gasteiger partial charge in [0.15, 0.2) is 5.65 Å². The van der Waals surface area contributed by atoms with Crippen LogP contribution in [-0.2, 0) is 17.4 Å². The molecule has 1 spiro atoms. The summed E-state index contributed by atoms with van der Waals surface area (Å²) in [4.78, 5) is 27.5. The number of nitrogens with zero attached hydrogens (tertiary/aromatic N) is 5. The first-order valence-corrected chi connectivity index (χ1v) is 13.5. The molecule has 2 saturated carbocycles. The molecule has 37 heavy (non-hydrogen) atoms. The summed E-state index contributed by atoms with van der Waals surface area (Å²) in [5.74, 6) is 0.492. The molecule has 0 atom stereocenters. The van der Waals surface area contributed by atoms with E-state index in [2.05, 4.69) is 65.6 Å². The molecule has 2 aliphatic carbocycles. The fraction of sp³-hybridized carbons (Fsp3) is 0.448. The maximum absolute atomic E-state index is 13.4. The molecule has 3 aliphatic rings. The minimum atomic E-state index is -0.106. The third-order valence-electron chi connectivity index (χ3n) is 8.21. The summed E-state index contributed by atoms with van der Waals surface area (Å²) in [5.41, 5.74) is 6.34. The first-order valence-electron chi connectivity index (χ1n) is 13.5. The Hall–Kier alpha value is -3.52. The van der Waals surface area contributed by atoms with Crippen molar-refractivity contribution >= 4 is 22.7 Å². The van der Waals surface area contributed by atoms with Gasteiger partial charge in [-0.15, -0.1) is 0 Å². The summed E-state index contributed by atoms with van der Waals surface area (Å²) in [6, 6.07) is 10.8. The number of hydrogen-bond acceptors (Lipinski definition) is 6. The van der Waals surface area contributed by atoms with Crippen molar-refractivity contribution in [3.05, 3.63) is 69.9 Å². The molecule has 0 bridgehead atoms. The van der Waals surface area contributed by atoms with Crippen molar-refractivity contribution in [2.45, 2.75) is 76.3 Å². The molecule has 190 valence electrons. The van der Waals surface area contributed by atoms with Crippen LogP contribution < -0.4 is 16.2 Å². The molecule has 2 N–H and O–H groups in total. The molecule has 0 unspecified atom stereocenters. The standard InChI is InChI=1S/C29H33N7O/c1-28(2,3)24-16-21(10-13-30-24)35-25-22(26(37)36(35)20-6-7-20)17-31-27(34-25)33-19-5-8-23-18(15-19)9-14-32-29(23)11-4-12-29/h5,8,10,13,15-17,20,32H,4,6-7,9,11-12,14H2,1-3H3,(H,31,33,34). The van der Waals surface area contributed by atoms with Gasteiger partial charge >= 0.3 is 0 Å². The molecule has 1 aliphatic heterocycles. The average molecular weight is 496 g/mol. The van der Waals surface area contributed by atoms with Crippen LogP contribution in [0.25, 0.3) is 16.7 Å². The number of rotatable bonds is 4. The van der Waals surface area contributed by atoms with Crippen molar-refractivity contribution < 1.29 is 0 Å². The van der Waals surface area contributed by atoms with E-state index in [0.29, 0.717) is 17.0 Å². The molecule has 7 rings (SSSR count). The second-order valence-electron chi connectivity index (χ2n) is 11.9. The van der Waals surface area contributed by atoms with Gasteiger partial charge in [0.05, 0.1) is 11.7 Å². The lowest BCUT2D eigenvalue weighted by Crippen LogP contribution is -2.51. The van der Waals surface area contributed by atoms with Gasteiger partial charge in [-0.3, -0.25) is 9.78 Å².